The van der Waals surface area contributed by atoms with Gasteiger partial charge in [-0.25, -0.2) is 0 Å². The number of hydrogen-bond donors (Lipinski definition) is 3. The number of carboxylic acid groups (broad SMARTS) is 1. The first-order valence-electron chi connectivity index (χ1n) is 5.21. The van der Waals surface area contributed by atoms with Gasteiger partial charge < -0.3 is 10.4 Å². The van der Waals surface area contributed by atoms with Crippen LogP contribution in [0.2, 0.25) is 0 Å². The molecule has 86 valence electrons. The Bertz CT molecular complexity index is 388. The lowest BCUT2D eigenvalue weighted by molar-refractivity contribution is -0.145. The topological polar surface area (TPSA) is 95.1 Å². The molecular formula is C10H13N3O3. The fourth-order valence-corrected chi connectivity index (χ4v) is 2.12. The van der Waals surface area contributed by atoms with Crippen molar-refractivity contribution in [1.29, 1.82) is 0 Å². The number of aliphatic carboxylic acids is 1. The molecular weight excluding hydrogens is 210 g/mol. The van der Waals surface area contributed by atoms with Gasteiger partial charge in [-0.05, 0) is 12.8 Å². The van der Waals surface area contributed by atoms with Crippen molar-refractivity contribution in [3.8, 4) is 0 Å². The number of carbonyl (C=O) groups is 2. The lowest BCUT2D eigenvalue weighted by Gasteiger charge is -2.14. The Hall–Kier alpha value is -1.85. The predicted molar refractivity (Wildman–Crippen MR) is 55.7 cm³/mol. The molecule has 0 bridgehead atoms. The van der Waals surface area contributed by atoms with Gasteiger partial charge in [0.15, 0.2) is 0 Å². The SMILES string of the molecule is O=C(O)[C@H]1CCC[C@H]1C(=O)Nc1cn[nH]c1. The Balaban J connectivity index is 2.01. The molecule has 1 aromatic heterocycles. The summed E-state index contributed by atoms with van der Waals surface area (Å²) in [6.07, 6.45) is 5.06. The highest BCUT2D eigenvalue weighted by Crippen LogP contribution is 2.32. The van der Waals surface area contributed by atoms with Crippen LogP contribution in [0.25, 0.3) is 0 Å². The van der Waals surface area contributed by atoms with Crippen molar-refractivity contribution in [3.05, 3.63) is 12.4 Å². The van der Waals surface area contributed by atoms with E-state index in [1.54, 1.807) is 6.20 Å². The van der Waals surface area contributed by atoms with Crippen LogP contribution < -0.4 is 5.32 Å². The molecule has 6 heteroatoms. The Morgan fingerprint density at radius 3 is 2.81 bits per heavy atom. The van der Waals surface area contributed by atoms with Crippen molar-refractivity contribution in [2.24, 2.45) is 11.8 Å². The van der Waals surface area contributed by atoms with Crippen molar-refractivity contribution in [2.75, 3.05) is 5.32 Å². The zero-order chi connectivity index (χ0) is 11.5. The summed E-state index contributed by atoms with van der Waals surface area (Å²) in [5.74, 6) is -2.09. The van der Waals surface area contributed by atoms with Crippen molar-refractivity contribution in [2.45, 2.75) is 19.3 Å². The van der Waals surface area contributed by atoms with Crippen LogP contribution in [0.15, 0.2) is 12.4 Å². The number of nitrogens with zero attached hydrogens (tertiary/aromatic N) is 1. The van der Waals surface area contributed by atoms with Crippen LogP contribution in [-0.4, -0.2) is 27.2 Å². The number of aromatic amines is 1. The molecule has 1 aromatic rings. The lowest BCUT2D eigenvalue weighted by Crippen LogP contribution is -2.29. The highest BCUT2D eigenvalue weighted by molar-refractivity contribution is 5.95. The second kappa shape index (κ2) is 4.34. The van der Waals surface area contributed by atoms with E-state index in [0.29, 0.717) is 18.5 Å². The Morgan fingerprint density at radius 1 is 1.44 bits per heavy atom. The Kier molecular flexibility index (Phi) is 2.89. The molecule has 6 nitrogen and oxygen atoms in total. The number of carbonyl (C=O) groups excluding carboxylic acids is 1. The number of anilines is 1. The number of aromatic nitrogens is 2. The van der Waals surface area contributed by atoms with Crippen molar-refractivity contribution >= 4 is 17.6 Å². The standard InChI is InChI=1S/C10H13N3O3/c14-9(13-6-4-11-12-5-6)7-2-1-3-8(7)10(15)16/h4-5,7-8H,1-3H2,(H,11,12)(H,13,14)(H,15,16)/t7-,8+/m1/s1. The van der Waals surface area contributed by atoms with Gasteiger partial charge in [-0.15, -0.1) is 0 Å². The lowest BCUT2D eigenvalue weighted by atomic mass is 9.95. The van der Waals surface area contributed by atoms with Crippen LogP contribution in [0.3, 0.4) is 0 Å². The van der Waals surface area contributed by atoms with Crippen LogP contribution in [0.5, 0.6) is 0 Å². The van der Waals surface area contributed by atoms with Gasteiger partial charge in [0.2, 0.25) is 5.91 Å². The summed E-state index contributed by atoms with van der Waals surface area (Å²) in [4.78, 5) is 22.7. The quantitative estimate of drug-likeness (QED) is 0.707. The van der Waals surface area contributed by atoms with Gasteiger partial charge >= 0.3 is 5.97 Å². The third-order valence-corrected chi connectivity index (χ3v) is 2.94. The van der Waals surface area contributed by atoms with E-state index in [2.05, 4.69) is 15.5 Å². The van der Waals surface area contributed by atoms with E-state index in [4.69, 9.17) is 5.11 Å². The molecule has 0 aromatic carbocycles. The third kappa shape index (κ3) is 2.05. The minimum Gasteiger partial charge on any atom is -0.481 e. The Morgan fingerprint density at radius 2 is 2.19 bits per heavy atom. The first-order valence-corrected chi connectivity index (χ1v) is 5.21. The number of carboxylic acids is 1. The third-order valence-electron chi connectivity index (χ3n) is 2.94. The van der Waals surface area contributed by atoms with Gasteiger partial charge in [0, 0.05) is 6.20 Å². The molecule has 0 unspecified atom stereocenters. The number of nitrogens with one attached hydrogen (secondary N) is 2. The zero-order valence-electron chi connectivity index (χ0n) is 8.64. The summed E-state index contributed by atoms with van der Waals surface area (Å²) in [7, 11) is 0. The zero-order valence-corrected chi connectivity index (χ0v) is 8.64. The highest BCUT2D eigenvalue weighted by Gasteiger charge is 2.37. The van der Waals surface area contributed by atoms with Crippen LogP contribution in [0, 0.1) is 11.8 Å². The largest absolute Gasteiger partial charge is 0.481 e. The van der Waals surface area contributed by atoms with E-state index in [-0.39, 0.29) is 5.91 Å². The van der Waals surface area contributed by atoms with Crippen LogP contribution in [0.4, 0.5) is 5.69 Å². The molecule has 1 fully saturated rings. The predicted octanol–water partition coefficient (Wildman–Crippen LogP) is 0.849. The molecule has 16 heavy (non-hydrogen) atoms. The van der Waals surface area contributed by atoms with Gasteiger partial charge in [0.1, 0.15) is 0 Å². The first kappa shape index (κ1) is 10.7. The molecule has 3 N–H and O–H groups in total. The summed E-state index contributed by atoms with van der Waals surface area (Å²) in [6.45, 7) is 0. The summed E-state index contributed by atoms with van der Waals surface area (Å²) in [6, 6.07) is 0. The van der Waals surface area contributed by atoms with Crippen LogP contribution in [0.1, 0.15) is 19.3 Å². The summed E-state index contributed by atoms with van der Waals surface area (Å²) >= 11 is 0. The van der Waals surface area contributed by atoms with Crippen LogP contribution in [-0.2, 0) is 9.59 Å². The van der Waals surface area contributed by atoms with E-state index in [1.807, 2.05) is 0 Å². The summed E-state index contributed by atoms with van der Waals surface area (Å²) in [5.41, 5.74) is 0.570. The average molecular weight is 223 g/mol. The second-order valence-corrected chi connectivity index (χ2v) is 3.96. The van der Waals surface area contributed by atoms with Gasteiger partial charge in [0.25, 0.3) is 0 Å². The number of hydrogen-bond acceptors (Lipinski definition) is 3. The molecule has 1 heterocycles. The van der Waals surface area contributed by atoms with Crippen molar-refractivity contribution < 1.29 is 14.7 Å². The van der Waals surface area contributed by atoms with Gasteiger partial charge in [0.05, 0.1) is 23.7 Å². The normalized spacial score (nSPS) is 24.2. The highest BCUT2D eigenvalue weighted by atomic mass is 16.4. The summed E-state index contributed by atoms with van der Waals surface area (Å²) in [5, 5.41) is 17.9. The minimum atomic E-state index is -0.884. The van der Waals surface area contributed by atoms with E-state index in [0.717, 1.165) is 6.42 Å². The maximum Gasteiger partial charge on any atom is 0.307 e. The molecule has 0 radical (unpaired) electrons. The van der Waals surface area contributed by atoms with Crippen LogP contribution >= 0.6 is 0 Å². The summed E-state index contributed by atoms with van der Waals surface area (Å²) < 4.78 is 0. The maximum absolute atomic E-state index is 11.8. The van der Waals surface area contributed by atoms with Gasteiger partial charge in [-0.1, -0.05) is 6.42 Å². The smallest absolute Gasteiger partial charge is 0.307 e. The molecule has 1 aliphatic rings. The van der Waals surface area contributed by atoms with Gasteiger partial charge in [-0.3, -0.25) is 14.7 Å². The molecule has 1 amide bonds. The monoisotopic (exact) mass is 223 g/mol. The second-order valence-electron chi connectivity index (χ2n) is 3.96. The number of H-pyrrole nitrogens is 1. The fraction of sp³-hybridized carbons (Fsp3) is 0.500. The first-order chi connectivity index (χ1) is 7.68. The Labute approximate surface area is 92.0 Å². The molecule has 2 atom stereocenters. The number of amides is 1. The molecule has 0 saturated heterocycles. The fourth-order valence-electron chi connectivity index (χ4n) is 2.12. The van der Waals surface area contributed by atoms with E-state index in [9.17, 15) is 9.59 Å². The maximum atomic E-state index is 11.8. The molecule has 1 saturated carbocycles. The van der Waals surface area contributed by atoms with Crippen molar-refractivity contribution in [3.63, 3.8) is 0 Å². The molecule has 2 rings (SSSR count). The van der Waals surface area contributed by atoms with Crippen molar-refractivity contribution in [1.82, 2.24) is 10.2 Å². The average Bonchev–Trinajstić information content (AvgIpc) is 2.86. The molecule has 0 aliphatic heterocycles. The minimum absolute atomic E-state index is 0.230. The van der Waals surface area contributed by atoms with E-state index >= 15 is 0 Å². The molecule has 1 aliphatic carbocycles. The molecule has 0 spiro atoms. The number of rotatable bonds is 3. The van der Waals surface area contributed by atoms with Gasteiger partial charge in [-0.2, -0.15) is 5.10 Å². The van der Waals surface area contributed by atoms with E-state index in [1.165, 1.54) is 6.20 Å². The van der Waals surface area contributed by atoms with E-state index < -0.39 is 17.8 Å².